The topological polar surface area (TPSA) is 483 Å². The maximum Gasteiger partial charge on any atom is 0.325 e. The molecule has 5 aliphatic rings. The second-order valence-corrected chi connectivity index (χ2v) is 28.2. The number of aliphatic carboxylic acids is 1. The number of carbonyl (C=O) groups excluding carboxylic acids is 15. The van der Waals surface area contributed by atoms with Gasteiger partial charge in [0, 0.05) is 64.7 Å². The molecule has 5 fully saturated rings. The predicted octanol–water partition coefficient (Wildman–Crippen LogP) is -3.87. The Balaban J connectivity index is 0.976. The maximum atomic E-state index is 14.8. The Morgan fingerprint density at radius 3 is 1.40 bits per heavy atom. The van der Waals surface area contributed by atoms with E-state index in [1.807, 2.05) is 19.2 Å². The summed E-state index contributed by atoms with van der Waals surface area (Å²) in [6.07, 6.45) is 2.45. The summed E-state index contributed by atoms with van der Waals surface area (Å²) < 4.78 is 0. The minimum absolute atomic E-state index is 0.0000808. The lowest BCUT2D eigenvalue weighted by atomic mass is 9.98. The van der Waals surface area contributed by atoms with Gasteiger partial charge in [-0.2, -0.15) is 0 Å². The third-order valence-corrected chi connectivity index (χ3v) is 19.4. The quantitative estimate of drug-likeness (QED) is 0.0310. The van der Waals surface area contributed by atoms with Crippen molar-refractivity contribution in [3.63, 3.8) is 0 Å². The standard InChI is InChI=1S/C71H102N16O17/c1-40(2)35-48(81-66(98)59(41(3)4)83-61(93)45-21-12-30-74-45)62(94)82-50(37-44-19-10-7-11-20-44)69(101)84-31-13-22-51(84)63(95)76-39-58(91)78-46(26-28-55(72)88)67(99)85-32-14-24-53(85)65(97)80-49(36-43-17-8-6-9-18-43)60(92)75-38-57(90)79-47(27-29-56(73)89)68(100)87-34-16-25-54(87)70(102)86-33-15-23-52(86)64(96)77-42(5)71(103)104/h6-11,17-20,40-42,45-54,59,74H,12-16,21-39H2,1-5H3,(H2,72,88)(H2,73,89)(H,75,92)(H,76,95)(H,77,96)(H,78,91)(H,79,90)(H,80,97)(H,81,98)(H,82,94)(H,83,93)(H,103,104)/p+1/t42-,45-,46-,47-,48-,49-,50-,51-,52-,53-,54-,59-/m0/s1. The van der Waals surface area contributed by atoms with Crippen molar-refractivity contribution in [3.8, 4) is 0 Å². The molecule has 12 atom stereocenters. The Morgan fingerprint density at radius 2 is 0.913 bits per heavy atom. The van der Waals surface area contributed by atoms with E-state index < -0.39 is 175 Å². The minimum Gasteiger partial charge on any atom is -0.480 e. The van der Waals surface area contributed by atoms with E-state index >= 15 is 0 Å². The average molecular weight is 1450 g/mol. The largest absolute Gasteiger partial charge is 0.480 e. The summed E-state index contributed by atoms with van der Waals surface area (Å²) in [6.45, 7) is 8.29. The molecule has 0 aliphatic carbocycles. The average Bonchev–Trinajstić information content (AvgIpc) is 1.63. The number of nitrogens with one attached hydrogen (secondary N) is 9. The number of likely N-dealkylation sites (tertiary alicyclic amines) is 4. The molecule has 0 unspecified atom stereocenters. The highest BCUT2D eigenvalue weighted by molar-refractivity contribution is 6.00. The van der Waals surface area contributed by atoms with E-state index in [4.69, 9.17) is 11.5 Å². The van der Waals surface area contributed by atoms with Crippen LogP contribution in [0.4, 0.5) is 0 Å². The molecule has 2 aromatic carbocycles. The Labute approximate surface area is 604 Å². The molecule has 5 aliphatic heterocycles. The molecule has 0 aromatic heterocycles. The van der Waals surface area contributed by atoms with Crippen LogP contribution in [0.15, 0.2) is 60.7 Å². The van der Waals surface area contributed by atoms with Crippen LogP contribution in [0.5, 0.6) is 0 Å². The number of quaternary nitrogens is 1. The lowest BCUT2D eigenvalue weighted by Gasteiger charge is -2.33. The molecule has 16 N–H and O–H groups in total. The molecule has 0 radical (unpaired) electrons. The third kappa shape index (κ3) is 23.2. The number of carboxylic acids is 1. The van der Waals surface area contributed by atoms with Crippen LogP contribution in [-0.2, 0) is 89.6 Å². The highest BCUT2D eigenvalue weighted by Crippen LogP contribution is 2.28. The van der Waals surface area contributed by atoms with Gasteiger partial charge in [-0.1, -0.05) is 88.4 Å². The van der Waals surface area contributed by atoms with Gasteiger partial charge in [-0.15, -0.1) is 0 Å². The second kappa shape index (κ2) is 39.0. The predicted molar refractivity (Wildman–Crippen MR) is 373 cm³/mol. The van der Waals surface area contributed by atoms with E-state index in [1.165, 1.54) is 26.5 Å². The zero-order chi connectivity index (χ0) is 75.9. The van der Waals surface area contributed by atoms with Crippen LogP contribution in [0.1, 0.15) is 142 Å². The van der Waals surface area contributed by atoms with Crippen molar-refractivity contribution < 1.29 is 87.1 Å². The molecule has 0 saturated carbocycles. The molecule has 0 spiro atoms. The Hall–Kier alpha value is -10.1. The van der Waals surface area contributed by atoms with Gasteiger partial charge in [-0.3, -0.25) is 76.7 Å². The van der Waals surface area contributed by atoms with Crippen LogP contribution >= 0.6 is 0 Å². The number of rotatable bonds is 36. The first-order valence-electron chi connectivity index (χ1n) is 36.1. The van der Waals surface area contributed by atoms with Crippen LogP contribution in [-0.4, -0.2) is 238 Å². The maximum absolute atomic E-state index is 14.8. The minimum atomic E-state index is -1.47. The second-order valence-electron chi connectivity index (χ2n) is 28.2. The summed E-state index contributed by atoms with van der Waals surface area (Å²) in [5, 5.41) is 35.1. The monoisotopic (exact) mass is 1450 g/mol. The Morgan fingerprint density at radius 1 is 0.462 bits per heavy atom. The van der Waals surface area contributed by atoms with Crippen molar-refractivity contribution in [2.75, 3.05) is 45.8 Å². The van der Waals surface area contributed by atoms with E-state index in [0.29, 0.717) is 43.2 Å². The lowest BCUT2D eigenvalue weighted by molar-refractivity contribution is -0.657. The molecule has 5 heterocycles. The van der Waals surface area contributed by atoms with Crippen molar-refractivity contribution in [1.82, 2.24) is 67.5 Å². The fourth-order valence-corrected chi connectivity index (χ4v) is 13.9. The van der Waals surface area contributed by atoms with Gasteiger partial charge >= 0.3 is 5.97 Å². The number of amides is 15. The fraction of sp³-hybridized carbons (Fsp3) is 0.606. The van der Waals surface area contributed by atoms with Crippen LogP contribution in [0, 0.1) is 11.8 Å². The highest BCUT2D eigenvalue weighted by Gasteiger charge is 2.46. The normalized spacial score (nSPS) is 20.5. The van der Waals surface area contributed by atoms with Gasteiger partial charge in [0.15, 0.2) is 6.04 Å². The van der Waals surface area contributed by atoms with Gasteiger partial charge in [0.1, 0.15) is 66.5 Å². The van der Waals surface area contributed by atoms with Crippen molar-refractivity contribution in [1.29, 1.82) is 0 Å². The zero-order valence-electron chi connectivity index (χ0n) is 59.8. The van der Waals surface area contributed by atoms with E-state index in [-0.39, 0.29) is 114 Å². The molecule has 2 aromatic rings. The molecular formula is C71H103N16O17+. The molecule has 7 rings (SSSR count). The van der Waals surface area contributed by atoms with E-state index in [9.17, 15) is 81.8 Å². The molecule has 568 valence electrons. The highest BCUT2D eigenvalue weighted by atomic mass is 16.4. The molecular weight excluding hydrogens is 1350 g/mol. The van der Waals surface area contributed by atoms with Crippen molar-refractivity contribution in [2.24, 2.45) is 23.3 Å². The number of primary amides is 2. The zero-order valence-corrected chi connectivity index (χ0v) is 59.8. The molecule has 33 nitrogen and oxygen atoms in total. The molecule has 0 bridgehead atoms. The van der Waals surface area contributed by atoms with Crippen molar-refractivity contribution in [2.45, 2.75) is 216 Å². The van der Waals surface area contributed by atoms with Gasteiger partial charge < -0.3 is 89.3 Å². The van der Waals surface area contributed by atoms with Crippen molar-refractivity contribution in [3.05, 3.63) is 71.8 Å². The lowest BCUT2D eigenvalue weighted by Crippen LogP contribution is -2.89. The van der Waals surface area contributed by atoms with Gasteiger partial charge in [-0.25, -0.2) is 0 Å². The molecule has 104 heavy (non-hydrogen) atoms. The number of carbonyl (C=O) groups is 16. The van der Waals surface area contributed by atoms with Gasteiger partial charge in [0.25, 0.3) is 5.91 Å². The summed E-state index contributed by atoms with van der Waals surface area (Å²) in [5.41, 5.74) is 12.3. The Bertz CT molecular complexity index is 3450. The summed E-state index contributed by atoms with van der Waals surface area (Å²) >= 11 is 0. The van der Waals surface area contributed by atoms with Crippen LogP contribution in [0.2, 0.25) is 0 Å². The van der Waals surface area contributed by atoms with E-state index in [1.54, 1.807) is 74.5 Å². The summed E-state index contributed by atoms with van der Waals surface area (Å²) in [6, 6.07) is 3.86. The number of benzene rings is 2. The SMILES string of the molecule is CC(C)C[C@H](NC(=O)[C@@H](NC(=O)[C@@H]1CCC[NH2+]1)C(C)C)C(=O)N[C@@H](Cc1ccccc1)C(=O)N1CCC[C@H]1C(=O)NCC(=O)N[C@@H](CCC(N)=O)C(=O)N1CCC[C@H]1C(=O)N[C@@H](Cc1ccccc1)C(=O)NCC(=O)N[C@@H](CCC(N)=O)C(=O)N1CCC[C@H]1C(=O)N1CCC[C@H]1C(=O)N[C@@H](C)C(=O)O. The van der Waals surface area contributed by atoms with E-state index in [0.717, 1.165) is 13.0 Å². The summed E-state index contributed by atoms with van der Waals surface area (Å²) in [5.74, 6) is -12.3. The van der Waals surface area contributed by atoms with E-state index in [2.05, 4.69) is 47.9 Å². The van der Waals surface area contributed by atoms with Gasteiger partial charge in [0.05, 0.1) is 19.6 Å². The first-order chi connectivity index (χ1) is 49.5. The number of carboxylic acid groups (broad SMARTS) is 1. The number of hydrogen-bond donors (Lipinski definition) is 13. The van der Waals surface area contributed by atoms with Crippen LogP contribution in [0.3, 0.4) is 0 Å². The fourth-order valence-electron chi connectivity index (χ4n) is 13.9. The van der Waals surface area contributed by atoms with Gasteiger partial charge in [-0.05, 0) is 101 Å². The molecule has 33 heteroatoms. The summed E-state index contributed by atoms with van der Waals surface area (Å²) in [4.78, 5) is 223. The van der Waals surface area contributed by atoms with Crippen LogP contribution in [0.25, 0.3) is 0 Å². The number of nitrogens with zero attached hydrogens (tertiary/aromatic N) is 4. The van der Waals surface area contributed by atoms with Crippen LogP contribution < -0.4 is 64.6 Å². The Kier molecular flexibility index (Phi) is 30.4. The molecule has 5 saturated heterocycles. The van der Waals surface area contributed by atoms with Crippen molar-refractivity contribution >= 4 is 94.6 Å². The third-order valence-electron chi connectivity index (χ3n) is 19.4. The number of nitrogens with two attached hydrogens (primary N) is 3. The first-order valence-corrected chi connectivity index (χ1v) is 36.1. The molecule has 15 amide bonds. The number of hydrogen-bond acceptors (Lipinski definition) is 16. The van der Waals surface area contributed by atoms with Gasteiger partial charge in [0.2, 0.25) is 82.7 Å². The first kappa shape index (κ1) is 81.2. The summed E-state index contributed by atoms with van der Waals surface area (Å²) in [7, 11) is 0. The smallest absolute Gasteiger partial charge is 0.325 e.